The maximum absolute atomic E-state index is 14.7. The van der Waals surface area contributed by atoms with Gasteiger partial charge in [-0.1, -0.05) is 84.3 Å². The van der Waals surface area contributed by atoms with E-state index in [0.717, 1.165) is 68.9 Å². The van der Waals surface area contributed by atoms with Gasteiger partial charge >= 0.3 is 5.97 Å². The number of esters is 1. The van der Waals surface area contributed by atoms with Gasteiger partial charge in [-0.15, -0.1) is 0 Å². The molecule has 7 heteroatoms. The topological polar surface area (TPSA) is 61.3 Å². The quantitative estimate of drug-likeness (QED) is 0.0949. The van der Waals surface area contributed by atoms with Gasteiger partial charge in [0, 0.05) is 23.5 Å². The molecule has 0 aliphatic rings. The first kappa shape index (κ1) is 31.2. The number of hydrogen-bond donors (Lipinski definition) is 0. The summed E-state index contributed by atoms with van der Waals surface area (Å²) in [5, 5.41) is 0. The summed E-state index contributed by atoms with van der Waals surface area (Å²) in [6, 6.07) is 11.7. The van der Waals surface area contributed by atoms with E-state index in [1.54, 1.807) is 30.6 Å². The normalized spacial score (nSPS) is 12.6. The van der Waals surface area contributed by atoms with Crippen LogP contribution in [0, 0.1) is 11.7 Å². The molecule has 0 radical (unpaired) electrons. The Morgan fingerprint density at radius 2 is 1.45 bits per heavy atom. The summed E-state index contributed by atoms with van der Waals surface area (Å²) < 4.78 is 39.7. The van der Waals surface area contributed by atoms with Crippen LogP contribution in [0.2, 0.25) is 0 Å². The molecule has 0 saturated carbocycles. The van der Waals surface area contributed by atoms with Crippen molar-refractivity contribution in [2.24, 2.45) is 5.92 Å². The minimum Gasteiger partial charge on any atom is -0.491 e. The SMILES string of the molecule is CCCCCCC(F)COc1ccc(-c2cnc(-c3ccc(OC(=O)C(C)CCCCCC)c(F)c3)nc2)cc1. The van der Waals surface area contributed by atoms with E-state index >= 15 is 0 Å². The first-order valence-electron chi connectivity index (χ1n) is 14.6. The van der Waals surface area contributed by atoms with Crippen molar-refractivity contribution in [1.82, 2.24) is 9.97 Å². The van der Waals surface area contributed by atoms with E-state index in [9.17, 15) is 13.6 Å². The second kappa shape index (κ2) is 16.7. The van der Waals surface area contributed by atoms with Crippen LogP contribution in [0.5, 0.6) is 11.5 Å². The number of rotatable bonds is 17. The largest absolute Gasteiger partial charge is 0.491 e. The minimum atomic E-state index is -0.965. The van der Waals surface area contributed by atoms with Crippen LogP contribution in [0.25, 0.3) is 22.5 Å². The van der Waals surface area contributed by atoms with Crippen LogP contribution in [0.4, 0.5) is 8.78 Å². The average molecular weight is 553 g/mol. The fourth-order valence-electron chi connectivity index (χ4n) is 4.36. The van der Waals surface area contributed by atoms with Crippen LogP contribution in [-0.4, -0.2) is 28.7 Å². The standard InChI is InChI=1S/C33H42F2N2O3/c1-4-6-8-10-12-24(3)33(38)40-31-19-16-26(20-30(31)35)32-36-21-27(22-37-32)25-14-17-29(18-15-25)39-23-28(34)13-11-9-7-5-2/h14-22,24,28H,4-13,23H2,1-3H3. The number of nitrogens with zero attached hydrogens (tertiary/aromatic N) is 2. The highest BCUT2D eigenvalue weighted by molar-refractivity contribution is 5.75. The number of halogens is 2. The lowest BCUT2D eigenvalue weighted by atomic mass is 10.0. The Labute approximate surface area is 237 Å². The van der Waals surface area contributed by atoms with Gasteiger partial charge in [-0.3, -0.25) is 4.79 Å². The van der Waals surface area contributed by atoms with Crippen LogP contribution in [0.1, 0.15) is 85.0 Å². The van der Waals surface area contributed by atoms with Crippen molar-refractivity contribution in [3.63, 3.8) is 0 Å². The molecule has 0 saturated heterocycles. The van der Waals surface area contributed by atoms with Gasteiger partial charge in [0.25, 0.3) is 0 Å². The molecule has 2 unspecified atom stereocenters. The highest BCUT2D eigenvalue weighted by Crippen LogP contribution is 2.27. The van der Waals surface area contributed by atoms with Gasteiger partial charge < -0.3 is 9.47 Å². The molecule has 216 valence electrons. The summed E-state index contributed by atoms with van der Waals surface area (Å²) >= 11 is 0. The predicted molar refractivity (Wildman–Crippen MR) is 156 cm³/mol. The van der Waals surface area contributed by atoms with E-state index in [0.29, 0.717) is 23.6 Å². The molecule has 0 fully saturated rings. The van der Waals surface area contributed by atoms with Gasteiger partial charge in [-0.25, -0.2) is 18.7 Å². The maximum Gasteiger partial charge on any atom is 0.314 e. The molecular formula is C33H42F2N2O3. The Morgan fingerprint density at radius 1 is 0.825 bits per heavy atom. The number of carbonyl (C=O) groups is 1. The van der Waals surface area contributed by atoms with Crippen LogP contribution >= 0.6 is 0 Å². The van der Waals surface area contributed by atoms with Gasteiger partial charge in [-0.2, -0.15) is 0 Å². The van der Waals surface area contributed by atoms with Crippen LogP contribution < -0.4 is 9.47 Å². The van der Waals surface area contributed by atoms with Gasteiger partial charge in [0.2, 0.25) is 0 Å². The number of benzene rings is 2. The fraction of sp³-hybridized carbons (Fsp3) is 0.485. The predicted octanol–water partition coefficient (Wildman–Crippen LogP) is 9.15. The van der Waals surface area contributed by atoms with Gasteiger partial charge in [0.05, 0.1) is 5.92 Å². The molecule has 3 aromatic rings. The Bertz CT molecular complexity index is 1170. The molecule has 1 aromatic heterocycles. The highest BCUT2D eigenvalue weighted by Gasteiger charge is 2.18. The fourth-order valence-corrected chi connectivity index (χ4v) is 4.36. The van der Waals surface area contributed by atoms with E-state index in [1.807, 2.05) is 19.1 Å². The van der Waals surface area contributed by atoms with E-state index in [1.165, 1.54) is 12.1 Å². The van der Waals surface area contributed by atoms with E-state index in [2.05, 4.69) is 23.8 Å². The zero-order valence-corrected chi connectivity index (χ0v) is 24.0. The van der Waals surface area contributed by atoms with Crippen molar-refractivity contribution >= 4 is 5.97 Å². The monoisotopic (exact) mass is 552 g/mol. The Kier molecular flexibility index (Phi) is 13.0. The van der Waals surface area contributed by atoms with Gasteiger partial charge in [0.15, 0.2) is 17.4 Å². The summed E-state index contributed by atoms with van der Waals surface area (Å²) in [7, 11) is 0. The lowest BCUT2D eigenvalue weighted by molar-refractivity contribution is -0.138. The zero-order chi connectivity index (χ0) is 28.7. The number of unbranched alkanes of at least 4 members (excludes halogenated alkanes) is 6. The minimum absolute atomic E-state index is 0.0515. The van der Waals surface area contributed by atoms with Crippen molar-refractivity contribution in [2.45, 2.75) is 91.2 Å². The molecule has 0 bridgehead atoms. The summed E-state index contributed by atoms with van der Waals surface area (Å²) in [6.07, 6.45) is 12.1. The number of aromatic nitrogens is 2. The summed E-state index contributed by atoms with van der Waals surface area (Å²) in [4.78, 5) is 21.1. The van der Waals surface area contributed by atoms with E-state index in [4.69, 9.17) is 9.47 Å². The van der Waals surface area contributed by atoms with Crippen molar-refractivity contribution in [1.29, 1.82) is 0 Å². The Balaban J connectivity index is 1.53. The van der Waals surface area contributed by atoms with Crippen molar-refractivity contribution < 1.29 is 23.0 Å². The molecule has 0 aliphatic heterocycles. The van der Waals surface area contributed by atoms with E-state index < -0.39 is 18.0 Å². The molecule has 0 aliphatic carbocycles. The number of alkyl halides is 1. The average Bonchev–Trinajstić information content (AvgIpc) is 2.97. The molecular weight excluding hydrogens is 510 g/mol. The molecule has 1 heterocycles. The van der Waals surface area contributed by atoms with Gasteiger partial charge in [-0.05, 0) is 48.7 Å². The Morgan fingerprint density at radius 3 is 2.08 bits per heavy atom. The molecule has 2 atom stereocenters. The first-order chi connectivity index (χ1) is 19.4. The highest BCUT2D eigenvalue weighted by atomic mass is 19.1. The number of ether oxygens (including phenoxy) is 2. The molecule has 40 heavy (non-hydrogen) atoms. The number of carbonyl (C=O) groups excluding carboxylic acids is 1. The van der Waals surface area contributed by atoms with Crippen LogP contribution in [0.3, 0.4) is 0 Å². The lowest BCUT2D eigenvalue weighted by Gasteiger charge is -2.12. The second-order valence-electron chi connectivity index (χ2n) is 10.4. The zero-order valence-electron chi connectivity index (χ0n) is 24.0. The third-order valence-electron chi connectivity index (χ3n) is 6.93. The van der Waals surface area contributed by atoms with Crippen molar-refractivity contribution in [3.05, 3.63) is 60.7 Å². The maximum atomic E-state index is 14.7. The molecule has 0 spiro atoms. The molecule has 2 aromatic carbocycles. The molecule has 5 nitrogen and oxygen atoms in total. The lowest BCUT2D eigenvalue weighted by Crippen LogP contribution is -2.18. The second-order valence-corrected chi connectivity index (χ2v) is 10.4. The van der Waals surface area contributed by atoms with Crippen LogP contribution in [-0.2, 0) is 4.79 Å². The molecule has 0 amide bonds. The van der Waals surface area contributed by atoms with Crippen molar-refractivity contribution in [2.75, 3.05) is 6.61 Å². The first-order valence-corrected chi connectivity index (χ1v) is 14.6. The van der Waals surface area contributed by atoms with Crippen LogP contribution in [0.15, 0.2) is 54.9 Å². The van der Waals surface area contributed by atoms with Crippen molar-refractivity contribution in [3.8, 4) is 34.0 Å². The third kappa shape index (κ3) is 10.00. The molecule has 0 N–H and O–H groups in total. The van der Waals surface area contributed by atoms with E-state index in [-0.39, 0.29) is 18.3 Å². The third-order valence-corrected chi connectivity index (χ3v) is 6.93. The summed E-state index contributed by atoms with van der Waals surface area (Å²) in [6.45, 7) is 6.14. The summed E-state index contributed by atoms with van der Waals surface area (Å²) in [5.74, 6) is -0.467. The number of hydrogen-bond acceptors (Lipinski definition) is 5. The van der Waals surface area contributed by atoms with Gasteiger partial charge in [0.1, 0.15) is 18.5 Å². The molecule has 3 rings (SSSR count). The smallest absolute Gasteiger partial charge is 0.314 e. The summed E-state index contributed by atoms with van der Waals surface area (Å²) in [5.41, 5.74) is 2.15. The Hall–Kier alpha value is -3.35.